The van der Waals surface area contributed by atoms with Crippen molar-refractivity contribution in [3.8, 4) is 35.1 Å². The van der Waals surface area contributed by atoms with Crippen molar-refractivity contribution in [2.45, 2.75) is 431 Å². The molecule has 8 aliphatic carbocycles. The first-order valence-electron chi connectivity index (χ1n) is 52.5. The molecule has 0 unspecified atom stereocenters. The maximum Gasteiger partial charge on any atom is 0.341 e. The summed E-state index contributed by atoms with van der Waals surface area (Å²) in [7, 11) is -5.53. The number of benzene rings is 4. The largest absolute Gasteiger partial charge is 0.482 e. The Morgan fingerprint density at radius 3 is 0.948 bits per heavy atom. The van der Waals surface area contributed by atoms with Crippen LogP contribution in [0, 0.1) is 93.7 Å². The number of carboxylic acid groups (broad SMARTS) is 2. The van der Waals surface area contributed by atoms with Gasteiger partial charge < -0.3 is 67.6 Å². The molecule has 4 saturated carbocycles. The molecule has 20 atom stereocenters. The molecule has 19 nitrogen and oxygen atoms in total. The summed E-state index contributed by atoms with van der Waals surface area (Å²) in [5, 5.41) is 79.6. The van der Waals surface area contributed by atoms with Crippen LogP contribution in [0.1, 0.15) is 321 Å². The smallest absolute Gasteiger partial charge is 0.341 e. The van der Waals surface area contributed by atoms with Crippen molar-refractivity contribution < 1.29 is 82.0 Å². The van der Waals surface area contributed by atoms with E-state index < -0.39 is 36.9 Å². The Balaban J connectivity index is 0.000000201. The molecule has 4 aromatic carbocycles. The van der Waals surface area contributed by atoms with E-state index in [0.29, 0.717) is 82.7 Å². The van der Waals surface area contributed by atoms with Gasteiger partial charge in [-0.15, -0.1) is 0 Å². The highest BCUT2D eigenvalue weighted by molar-refractivity contribution is 6.75. The molecule has 0 bridgehead atoms. The van der Waals surface area contributed by atoms with Gasteiger partial charge in [0, 0.05) is 25.2 Å². The molecular formula is C112H178N2O17Si3. The van der Waals surface area contributed by atoms with Crippen LogP contribution in [-0.2, 0) is 83.8 Å². The first-order chi connectivity index (χ1) is 63.4. The van der Waals surface area contributed by atoms with E-state index in [-0.39, 0.29) is 96.2 Å². The standard InChI is InChI=1S/C31H49NO4Si.C29H47NO3Si.C29H48O5Si.C23H34O5/c1-8-9-10-13-25(36-37(6,7)31(3,4)5)15-16-26-27-19-23-12-11-14-29(34-18-17-32)28(23)20-24(27)21-30(26)35-22(2)33;1-7-8-9-12-23(33-34(5,6)29(2,3)4)14-15-24-25-18-21-11-10-13-28(32-17-16-30)26(21)19-22(25)20-27(24)31;1-7-8-9-12-22(34-35(5,6)29(2,3)4)14-15-23-24-16-20-11-10-13-27(33-19-28(31)32)25(20)17-21(24)18-26(23)30;1-2-3-4-7-17(24)9-10-18-19-11-15-6-5-8-22(28-14-23(26)27)20(15)12-16(19)13-21(18)25/h11-12,14,24-27,30H,8-10,13,15-16,18-21H2,1-7H3;10-11,13,22-25,27,31H,7-9,12,14-15,17-20H2,1-6H3;10-11,13,21-24,26,30H,7-9,12,14-19H2,1-6H3,(H,31,32);5-6,8,16-19,21,24-25H,2-4,7,9-14H2,1H3,(H,26,27)/t24-,25-,26+,27-,30+;22-,23+,24+,25-,27+;21-,22-,23+,24-,26+;16-,17-,18+,19-,21+/m0100/s1. The summed E-state index contributed by atoms with van der Waals surface area (Å²) >= 11 is 0. The second kappa shape index (κ2) is 51.8. The minimum absolute atomic E-state index is 0.0329. The Labute approximate surface area is 811 Å². The van der Waals surface area contributed by atoms with Crippen LogP contribution in [0.3, 0.4) is 0 Å². The number of ether oxygens (including phenoxy) is 5. The number of unbranched alkanes of at least 4 members (excludes halogenated alkanes) is 8. The average molecular weight is 1910 g/mol. The Kier molecular flexibility index (Phi) is 43.1. The Hall–Kier alpha value is -6.16. The highest BCUT2D eigenvalue weighted by Gasteiger charge is 2.52. The minimum atomic E-state index is -1.87. The molecule has 22 heteroatoms. The number of aliphatic hydroxyl groups excluding tert-OH is 4. The van der Waals surface area contributed by atoms with Crippen molar-refractivity contribution in [1.29, 1.82) is 10.5 Å². The van der Waals surface area contributed by atoms with Crippen molar-refractivity contribution in [2.24, 2.45) is 71.0 Å². The second-order valence-electron chi connectivity index (χ2n) is 46.1. The van der Waals surface area contributed by atoms with E-state index in [2.05, 4.69) is 166 Å². The van der Waals surface area contributed by atoms with Crippen molar-refractivity contribution >= 4 is 42.9 Å². The van der Waals surface area contributed by atoms with Gasteiger partial charge in [-0.1, -0.05) is 216 Å². The Morgan fingerprint density at radius 2 is 0.664 bits per heavy atom. The molecule has 134 heavy (non-hydrogen) atoms. The molecule has 0 aliphatic heterocycles. The lowest BCUT2D eigenvalue weighted by atomic mass is 9.73. The van der Waals surface area contributed by atoms with E-state index >= 15 is 0 Å². The maximum atomic E-state index is 12.1. The number of carbonyl (C=O) groups excluding carboxylic acids is 1. The van der Waals surface area contributed by atoms with Crippen LogP contribution >= 0.6 is 0 Å². The van der Waals surface area contributed by atoms with Crippen LogP contribution in [-0.4, -0.2) is 149 Å². The van der Waals surface area contributed by atoms with Crippen LogP contribution in [0.25, 0.3) is 0 Å². The minimum Gasteiger partial charge on any atom is -0.482 e. The summed E-state index contributed by atoms with van der Waals surface area (Å²) in [6, 6.07) is 28.5. The molecule has 750 valence electrons. The van der Waals surface area contributed by atoms with E-state index in [1.54, 1.807) is 0 Å². The van der Waals surface area contributed by atoms with Gasteiger partial charge in [0.05, 0.1) is 24.4 Å². The fourth-order valence-corrected chi connectivity index (χ4v) is 27.6. The Bertz CT molecular complexity index is 4380. The molecule has 4 fully saturated rings. The topological polar surface area (TPSA) is 294 Å². The van der Waals surface area contributed by atoms with E-state index in [1.165, 1.54) is 98.1 Å². The van der Waals surface area contributed by atoms with Gasteiger partial charge in [0.1, 0.15) is 41.2 Å². The maximum absolute atomic E-state index is 12.1. The lowest BCUT2D eigenvalue weighted by molar-refractivity contribution is -0.148. The predicted molar refractivity (Wildman–Crippen MR) is 544 cm³/mol. The van der Waals surface area contributed by atoms with Gasteiger partial charge in [-0.3, -0.25) is 4.79 Å². The van der Waals surface area contributed by atoms with Crippen molar-refractivity contribution in [3.05, 3.63) is 117 Å². The third kappa shape index (κ3) is 31.4. The van der Waals surface area contributed by atoms with Gasteiger partial charge in [0.15, 0.2) is 51.4 Å². The molecule has 0 saturated heterocycles. The number of fused-ring (bicyclic) bond motifs is 8. The SMILES string of the molecule is CCCCC[C@@H](CC[C@@H]1[C@H]2Cc3cccc(OCC#N)c3C[C@H]2C[C@H]1OC(C)=O)O[Si](C)(C)C(C)(C)C.CCCCC[C@@H](CC[C@@H]1[C@H]2Cc3cccc(OCC(=O)O)c3C[C@H]2C[C@H]1O)O[Si](C)(C)C(C)(C)C.CCCCC[C@@H](CC[C@H]1[C@@H]2Cc3cccc(OCC#N)c3C[C@@H]2C[C@@H]1O)O[Si](C)(C)C(C)(C)C.CCCCC[C@H](O)CC[C@@H]1[C@H]2Cc3cccc(OCC(=O)O)c3C[C@H]2C[C@H]1O. The number of hydrogen-bond donors (Lipinski definition) is 6. The number of carbonyl (C=O) groups is 3. The number of hydrogen-bond acceptors (Lipinski definition) is 17. The Morgan fingerprint density at radius 1 is 0.388 bits per heavy atom. The monoisotopic (exact) mass is 1910 g/mol. The third-order valence-electron chi connectivity index (χ3n) is 33.6. The van der Waals surface area contributed by atoms with Gasteiger partial charge in [-0.05, 0) is 348 Å². The number of rotatable bonds is 45. The second-order valence-corrected chi connectivity index (χ2v) is 60.3. The van der Waals surface area contributed by atoms with E-state index in [1.807, 2.05) is 48.5 Å². The fraction of sp³-hybridized carbons (Fsp3) is 0.741. The van der Waals surface area contributed by atoms with Gasteiger partial charge in [-0.2, -0.15) is 10.5 Å². The fourth-order valence-electron chi connectivity index (χ4n) is 23.3. The van der Waals surface area contributed by atoms with Crippen molar-refractivity contribution in [2.75, 3.05) is 26.4 Å². The summed E-state index contributed by atoms with van der Waals surface area (Å²) < 4.78 is 49.3. The number of aliphatic hydroxyl groups is 4. The van der Waals surface area contributed by atoms with Gasteiger partial charge in [0.2, 0.25) is 0 Å². The van der Waals surface area contributed by atoms with E-state index in [4.69, 9.17) is 57.7 Å². The van der Waals surface area contributed by atoms with Crippen LogP contribution in [0.2, 0.25) is 54.4 Å². The van der Waals surface area contributed by atoms with Crippen LogP contribution in [0.5, 0.6) is 23.0 Å². The first kappa shape index (κ1) is 111. The molecule has 0 radical (unpaired) electrons. The van der Waals surface area contributed by atoms with Crippen molar-refractivity contribution in [3.63, 3.8) is 0 Å². The van der Waals surface area contributed by atoms with Gasteiger partial charge in [0.25, 0.3) is 0 Å². The highest BCUT2D eigenvalue weighted by atomic mass is 28.4. The molecule has 6 N–H and O–H groups in total. The number of esters is 1. The molecule has 4 aromatic rings. The lowest BCUT2D eigenvalue weighted by Crippen LogP contribution is -2.44. The van der Waals surface area contributed by atoms with Crippen LogP contribution in [0.15, 0.2) is 72.8 Å². The van der Waals surface area contributed by atoms with Gasteiger partial charge >= 0.3 is 17.9 Å². The summed E-state index contributed by atoms with van der Waals surface area (Å²) in [5.41, 5.74) is 9.87. The zero-order chi connectivity index (χ0) is 98.0. The van der Waals surface area contributed by atoms with E-state index in [9.17, 15) is 34.8 Å². The first-order valence-corrected chi connectivity index (χ1v) is 61.2. The van der Waals surface area contributed by atoms with Crippen LogP contribution < -0.4 is 18.9 Å². The summed E-state index contributed by atoms with van der Waals surface area (Å²) in [6.07, 6.45) is 37.1. The zero-order valence-electron chi connectivity index (χ0n) is 86.3. The van der Waals surface area contributed by atoms with Crippen LogP contribution in [0.4, 0.5) is 0 Å². The summed E-state index contributed by atoms with van der Waals surface area (Å²) in [4.78, 5) is 33.9. The molecule has 0 aromatic heterocycles. The van der Waals surface area contributed by atoms with Gasteiger partial charge in [-0.25, -0.2) is 9.59 Å². The molecule has 0 amide bonds. The number of nitrogens with zero attached hydrogens (tertiary/aromatic N) is 2. The predicted octanol–water partition coefficient (Wildman–Crippen LogP) is 24.9. The zero-order valence-corrected chi connectivity index (χ0v) is 89.3. The summed E-state index contributed by atoms with van der Waals surface area (Å²) in [6.45, 7) is 44.9. The average Bonchev–Trinajstić information content (AvgIpc) is 1.63. The number of aliphatic carboxylic acids is 2. The number of carboxylic acids is 2. The van der Waals surface area contributed by atoms with E-state index in [0.717, 1.165) is 196 Å². The molecule has 0 spiro atoms. The number of nitriles is 2. The normalized spacial score (nSPS) is 25.3. The molecule has 8 aliphatic rings. The highest BCUT2D eigenvalue weighted by Crippen LogP contribution is 2.55. The van der Waals surface area contributed by atoms with Crippen molar-refractivity contribution in [1.82, 2.24) is 0 Å². The quantitative estimate of drug-likeness (QED) is 0.0136. The third-order valence-corrected chi connectivity index (χ3v) is 47.2. The molecule has 0 heterocycles. The molecular weight excluding hydrogens is 1730 g/mol. The summed E-state index contributed by atoms with van der Waals surface area (Å²) in [5.74, 6) is 5.89. The molecule has 12 rings (SSSR count). The lowest BCUT2D eigenvalue weighted by Gasteiger charge is -2.40.